The number of allylic oxidation sites excluding steroid dienone is 7. The van der Waals surface area contributed by atoms with Crippen molar-refractivity contribution >= 4 is 5.91 Å². The third kappa shape index (κ3) is 43.5. The molecule has 2 rings (SSSR count). The highest BCUT2D eigenvalue weighted by atomic mass is 16.7. The van der Waals surface area contributed by atoms with E-state index in [1.807, 2.05) is 6.08 Å². The average molecular weight is 1260 g/mol. The smallest absolute Gasteiger partial charge is 0.220 e. The third-order valence-electron chi connectivity index (χ3n) is 18.3. The summed E-state index contributed by atoms with van der Waals surface area (Å²) < 4.78 is 22.9. The van der Waals surface area contributed by atoms with Crippen LogP contribution in [-0.4, -0.2) is 140 Å². The second kappa shape index (κ2) is 59.7. The van der Waals surface area contributed by atoms with Crippen molar-refractivity contribution in [1.82, 2.24) is 5.32 Å². The Kier molecular flexibility index (Phi) is 55.7. The quantitative estimate of drug-likeness (QED) is 0.0204. The summed E-state index contributed by atoms with van der Waals surface area (Å²) in [5, 5.41) is 87.5. The Morgan fingerprint density at radius 3 is 1.13 bits per heavy atom. The van der Waals surface area contributed by atoms with Crippen LogP contribution in [0.4, 0.5) is 0 Å². The molecule has 0 aromatic heterocycles. The number of carbonyl (C=O) groups excluding carboxylic acids is 1. The first-order chi connectivity index (χ1) is 43.6. The van der Waals surface area contributed by atoms with Crippen molar-refractivity contribution in [1.29, 1.82) is 0 Å². The van der Waals surface area contributed by atoms with E-state index < -0.39 is 86.8 Å². The Bertz CT molecular complexity index is 1680. The molecule has 522 valence electrons. The summed E-state index contributed by atoms with van der Waals surface area (Å²) in [6.45, 7) is 2.83. The number of ether oxygens (including phenoxy) is 4. The van der Waals surface area contributed by atoms with Gasteiger partial charge in [-0.3, -0.25) is 4.79 Å². The van der Waals surface area contributed by atoms with Gasteiger partial charge < -0.3 is 65.1 Å². The van der Waals surface area contributed by atoms with Gasteiger partial charge in [-0.1, -0.05) is 313 Å². The Morgan fingerprint density at radius 1 is 0.404 bits per heavy atom. The van der Waals surface area contributed by atoms with E-state index in [9.17, 15) is 45.6 Å². The highest BCUT2D eigenvalue weighted by Crippen LogP contribution is 2.30. The van der Waals surface area contributed by atoms with Gasteiger partial charge in [-0.15, -0.1) is 0 Å². The monoisotopic (exact) mass is 1260 g/mol. The van der Waals surface area contributed by atoms with Crippen molar-refractivity contribution < 1.29 is 64.6 Å². The Labute approximate surface area is 543 Å². The number of carbonyl (C=O) groups is 1. The minimum atomic E-state index is -1.79. The van der Waals surface area contributed by atoms with Gasteiger partial charge in [0.25, 0.3) is 0 Å². The number of amides is 1. The predicted molar refractivity (Wildman–Crippen MR) is 364 cm³/mol. The Morgan fingerprint density at radius 2 is 0.742 bits per heavy atom. The van der Waals surface area contributed by atoms with Crippen molar-refractivity contribution in [2.24, 2.45) is 0 Å². The molecule has 0 radical (unpaired) electrons. The Balaban J connectivity index is 1.62. The number of nitrogens with one attached hydrogen (secondary N) is 1. The number of aliphatic hydroxyl groups excluding tert-OH is 8. The molecule has 2 aliphatic rings. The average Bonchev–Trinajstić information content (AvgIpc) is 3.62. The molecular formula is C75H139NO13. The zero-order chi connectivity index (χ0) is 64.5. The van der Waals surface area contributed by atoms with Crippen LogP contribution in [0.2, 0.25) is 0 Å². The van der Waals surface area contributed by atoms with Crippen LogP contribution < -0.4 is 5.32 Å². The largest absolute Gasteiger partial charge is 0.394 e. The molecule has 2 aliphatic heterocycles. The van der Waals surface area contributed by atoms with Gasteiger partial charge in [0.05, 0.1) is 32.0 Å². The van der Waals surface area contributed by atoms with E-state index in [0.29, 0.717) is 6.42 Å². The summed E-state index contributed by atoms with van der Waals surface area (Å²) in [7, 11) is 0. The van der Waals surface area contributed by atoms with Crippen LogP contribution in [-0.2, 0) is 23.7 Å². The molecule has 9 N–H and O–H groups in total. The van der Waals surface area contributed by atoms with Crippen LogP contribution in [0.3, 0.4) is 0 Å². The molecule has 14 heteroatoms. The first-order valence-corrected chi connectivity index (χ1v) is 37.4. The van der Waals surface area contributed by atoms with Crippen LogP contribution in [0, 0.1) is 0 Å². The van der Waals surface area contributed by atoms with Gasteiger partial charge in [-0.05, 0) is 57.8 Å². The van der Waals surface area contributed by atoms with Gasteiger partial charge >= 0.3 is 0 Å². The summed E-state index contributed by atoms with van der Waals surface area (Å²) in [6.07, 6.45) is 61.8. The van der Waals surface area contributed by atoms with Crippen LogP contribution >= 0.6 is 0 Å². The fourth-order valence-electron chi connectivity index (χ4n) is 12.3. The zero-order valence-electron chi connectivity index (χ0n) is 56.9. The molecular weight excluding hydrogens is 1120 g/mol. The van der Waals surface area contributed by atoms with E-state index in [0.717, 1.165) is 51.4 Å². The van der Waals surface area contributed by atoms with Gasteiger partial charge in [-0.25, -0.2) is 0 Å². The maximum Gasteiger partial charge on any atom is 0.220 e. The van der Waals surface area contributed by atoms with Crippen molar-refractivity contribution in [3.63, 3.8) is 0 Å². The third-order valence-corrected chi connectivity index (χ3v) is 18.3. The van der Waals surface area contributed by atoms with Gasteiger partial charge in [0.1, 0.15) is 48.8 Å². The van der Waals surface area contributed by atoms with Crippen molar-refractivity contribution in [3.05, 3.63) is 48.6 Å². The molecule has 12 atom stereocenters. The summed E-state index contributed by atoms with van der Waals surface area (Å²) in [5.74, 6) is -0.234. The lowest BCUT2D eigenvalue weighted by Crippen LogP contribution is -2.65. The molecule has 14 nitrogen and oxygen atoms in total. The van der Waals surface area contributed by atoms with Gasteiger partial charge in [-0.2, -0.15) is 0 Å². The lowest BCUT2D eigenvalue weighted by atomic mass is 9.97. The van der Waals surface area contributed by atoms with Crippen LogP contribution in [0.25, 0.3) is 0 Å². The first-order valence-electron chi connectivity index (χ1n) is 37.4. The van der Waals surface area contributed by atoms with E-state index in [4.69, 9.17) is 18.9 Å². The summed E-state index contributed by atoms with van der Waals surface area (Å²) >= 11 is 0. The number of unbranched alkanes of at least 4 members (excludes halogenated alkanes) is 43. The van der Waals surface area contributed by atoms with E-state index in [-0.39, 0.29) is 18.9 Å². The molecule has 0 aromatic rings. The molecule has 1 amide bonds. The maximum absolute atomic E-state index is 13.3. The van der Waals surface area contributed by atoms with Crippen molar-refractivity contribution in [3.8, 4) is 0 Å². The normalized spacial score (nSPS) is 23.3. The number of rotatable bonds is 62. The highest BCUT2D eigenvalue weighted by Gasteiger charge is 2.51. The zero-order valence-corrected chi connectivity index (χ0v) is 56.9. The molecule has 12 unspecified atom stereocenters. The molecule has 0 bridgehead atoms. The van der Waals surface area contributed by atoms with E-state index in [2.05, 4.69) is 55.6 Å². The van der Waals surface area contributed by atoms with Gasteiger partial charge in [0.15, 0.2) is 12.6 Å². The minimum Gasteiger partial charge on any atom is -0.394 e. The fourth-order valence-corrected chi connectivity index (χ4v) is 12.3. The lowest BCUT2D eigenvalue weighted by molar-refractivity contribution is -0.359. The second-order valence-electron chi connectivity index (χ2n) is 26.4. The first kappa shape index (κ1) is 83.0. The Hall–Kier alpha value is -2.05. The van der Waals surface area contributed by atoms with E-state index >= 15 is 0 Å². The molecule has 0 spiro atoms. The summed E-state index contributed by atoms with van der Waals surface area (Å²) in [6, 6.07) is -0.915. The number of hydrogen-bond acceptors (Lipinski definition) is 13. The maximum atomic E-state index is 13.3. The van der Waals surface area contributed by atoms with Gasteiger partial charge in [0, 0.05) is 6.42 Å². The van der Waals surface area contributed by atoms with E-state index in [1.54, 1.807) is 6.08 Å². The number of aliphatic hydroxyl groups is 8. The SMILES string of the molecule is CCCCCCC/C=C\C/C=C\C/C=C\CCCCCCCCCCCCCCCCCCCCCCC(=O)NC(COC1OC(CO)C(OC2OC(CO)C(O)C(O)C2O)C(O)C1O)C(O)/C=C/CCCCCCCCCCCCCCCCCCCC. The van der Waals surface area contributed by atoms with Crippen LogP contribution in [0.1, 0.15) is 328 Å². The van der Waals surface area contributed by atoms with Crippen molar-refractivity contribution in [2.45, 2.75) is 402 Å². The topological polar surface area (TPSA) is 228 Å². The fraction of sp³-hybridized carbons (Fsp3) is 0.880. The molecule has 0 aliphatic carbocycles. The molecule has 0 aromatic carbocycles. The number of hydrogen-bond donors (Lipinski definition) is 9. The molecule has 0 saturated carbocycles. The minimum absolute atomic E-state index is 0.234. The van der Waals surface area contributed by atoms with E-state index in [1.165, 1.54) is 250 Å². The summed E-state index contributed by atoms with van der Waals surface area (Å²) in [5.41, 5.74) is 0. The summed E-state index contributed by atoms with van der Waals surface area (Å²) in [4.78, 5) is 13.3. The molecule has 89 heavy (non-hydrogen) atoms. The van der Waals surface area contributed by atoms with Crippen LogP contribution in [0.5, 0.6) is 0 Å². The lowest BCUT2D eigenvalue weighted by Gasteiger charge is -2.46. The van der Waals surface area contributed by atoms with Crippen molar-refractivity contribution in [2.75, 3.05) is 19.8 Å². The predicted octanol–water partition coefficient (Wildman–Crippen LogP) is 15.9. The molecule has 2 heterocycles. The second-order valence-corrected chi connectivity index (χ2v) is 26.4. The standard InChI is InChI=1S/C75H139NO13/c1-3-5-7-9-11-13-15-17-19-21-23-25-26-27-28-29-30-31-32-33-34-35-36-37-38-39-41-43-45-47-49-51-53-55-57-59-67(80)76-63(64(79)58-56-54-52-50-48-46-44-42-40-24-22-20-18-16-14-12-10-8-6-4-2)62-86-74-72(85)70(83)73(66(61-78)88-74)89-75-71(84)69(82)68(81)65(60-77)87-75/h15,17,21,23,26-27,56,58,63-66,68-75,77-79,81-85H,3-14,16,18-20,22,24-25,28-55,57,59-62H2,1-2H3,(H,76,80)/b17-15-,23-21-,27-26-,58-56+. The van der Waals surface area contributed by atoms with Gasteiger partial charge in [0.2, 0.25) is 5.91 Å². The molecule has 2 saturated heterocycles. The molecule has 2 fully saturated rings. The highest BCUT2D eigenvalue weighted by molar-refractivity contribution is 5.76. The van der Waals surface area contributed by atoms with Crippen LogP contribution in [0.15, 0.2) is 48.6 Å².